The molecule has 0 aliphatic heterocycles. The van der Waals surface area contributed by atoms with Gasteiger partial charge >= 0.3 is 5.97 Å². The highest BCUT2D eigenvalue weighted by Gasteiger charge is 2.15. The van der Waals surface area contributed by atoms with Crippen LogP contribution in [0.1, 0.15) is 20.3 Å². The molecule has 0 aromatic rings. The molecule has 0 saturated heterocycles. The average molecular weight is 149 g/mol. The molecule has 0 spiro atoms. The number of nitrogens with one attached hydrogen (secondary N) is 1. The molecule has 0 aromatic carbocycles. The largest absolute Gasteiger partial charge is 0.368 e. The van der Waals surface area contributed by atoms with Crippen molar-refractivity contribution in [3.8, 4) is 0 Å². The lowest BCUT2D eigenvalue weighted by atomic mass is 10.3. The van der Waals surface area contributed by atoms with Crippen molar-refractivity contribution in [3.05, 3.63) is 0 Å². The Morgan fingerprint density at radius 3 is 2.70 bits per heavy atom. The highest BCUT2D eigenvalue weighted by molar-refractivity contribution is 5.74. The quantitative estimate of drug-likeness (QED) is 0.601. The van der Waals surface area contributed by atoms with Gasteiger partial charge in [-0.3, -0.25) is 0 Å². The number of hydroxylamine groups is 1. The Morgan fingerprint density at radius 1 is 1.70 bits per heavy atom. The highest BCUT2D eigenvalue weighted by atomic mass is 19.1. The molecule has 1 unspecified atom stereocenters. The molecule has 3 nitrogen and oxygen atoms in total. The van der Waals surface area contributed by atoms with Crippen LogP contribution in [0.2, 0.25) is 0 Å². The Kier molecular flexibility index (Phi) is 4.84. The predicted octanol–water partition coefficient (Wildman–Crippen LogP) is 0.802. The van der Waals surface area contributed by atoms with Crippen molar-refractivity contribution in [2.45, 2.75) is 26.4 Å². The van der Waals surface area contributed by atoms with E-state index in [2.05, 4.69) is 10.3 Å². The Bertz CT molecular complexity index is 108. The number of alkyl halides is 1. The van der Waals surface area contributed by atoms with Gasteiger partial charge < -0.3 is 4.84 Å². The lowest BCUT2D eigenvalue weighted by molar-refractivity contribution is -0.157. The van der Waals surface area contributed by atoms with Crippen LogP contribution in [0.5, 0.6) is 0 Å². The molecule has 0 heterocycles. The molecule has 10 heavy (non-hydrogen) atoms. The fourth-order valence-corrected chi connectivity index (χ4v) is 0.374. The lowest BCUT2D eigenvalue weighted by Crippen LogP contribution is -2.26. The van der Waals surface area contributed by atoms with Crippen LogP contribution in [-0.2, 0) is 9.63 Å². The number of halogens is 1. The Morgan fingerprint density at radius 2 is 2.30 bits per heavy atom. The zero-order chi connectivity index (χ0) is 7.98. The molecule has 1 atom stereocenters. The molecule has 0 aliphatic rings. The summed E-state index contributed by atoms with van der Waals surface area (Å²) in [5.41, 5.74) is 2.27. The van der Waals surface area contributed by atoms with E-state index in [1.807, 2.05) is 0 Å². The minimum atomic E-state index is -1.50. The molecule has 1 N–H and O–H groups in total. The van der Waals surface area contributed by atoms with E-state index >= 15 is 0 Å². The SMILES string of the molecule is CCNOC(=O)C(F)CC. The number of hydrogen-bond acceptors (Lipinski definition) is 3. The number of rotatable bonds is 4. The van der Waals surface area contributed by atoms with Gasteiger partial charge in [0.15, 0.2) is 6.17 Å². The first kappa shape index (κ1) is 9.36. The van der Waals surface area contributed by atoms with E-state index in [9.17, 15) is 9.18 Å². The molecule has 0 amide bonds. The van der Waals surface area contributed by atoms with Crippen molar-refractivity contribution in [1.82, 2.24) is 5.48 Å². The van der Waals surface area contributed by atoms with Crippen molar-refractivity contribution in [1.29, 1.82) is 0 Å². The van der Waals surface area contributed by atoms with Gasteiger partial charge in [0.2, 0.25) is 0 Å². The van der Waals surface area contributed by atoms with Crippen molar-refractivity contribution in [3.63, 3.8) is 0 Å². The van der Waals surface area contributed by atoms with Gasteiger partial charge in [-0.15, -0.1) is 0 Å². The topological polar surface area (TPSA) is 38.3 Å². The Hall–Kier alpha value is -0.640. The lowest BCUT2D eigenvalue weighted by Gasteiger charge is -2.04. The van der Waals surface area contributed by atoms with Gasteiger partial charge in [0.05, 0.1) is 0 Å². The Balaban J connectivity index is 3.42. The van der Waals surface area contributed by atoms with Crippen molar-refractivity contribution < 1.29 is 14.0 Å². The van der Waals surface area contributed by atoms with E-state index in [1.165, 1.54) is 0 Å². The summed E-state index contributed by atoms with van der Waals surface area (Å²) in [5, 5.41) is 0. The molecule has 0 bridgehead atoms. The molecule has 60 valence electrons. The van der Waals surface area contributed by atoms with Crippen LogP contribution < -0.4 is 5.48 Å². The zero-order valence-corrected chi connectivity index (χ0v) is 6.19. The van der Waals surface area contributed by atoms with E-state index in [1.54, 1.807) is 13.8 Å². The Labute approximate surface area is 59.5 Å². The summed E-state index contributed by atoms with van der Waals surface area (Å²) in [7, 11) is 0. The van der Waals surface area contributed by atoms with E-state index in [0.29, 0.717) is 6.54 Å². The molecule has 4 heteroatoms. The molecule has 0 fully saturated rings. The third-order valence-corrected chi connectivity index (χ3v) is 0.931. The van der Waals surface area contributed by atoms with Crippen LogP contribution in [-0.4, -0.2) is 18.7 Å². The van der Waals surface area contributed by atoms with Crippen LogP contribution in [0.4, 0.5) is 4.39 Å². The van der Waals surface area contributed by atoms with Gasteiger partial charge in [-0.2, -0.15) is 5.48 Å². The van der Waals surface area contributed by atoms with Crippen molar-refractivity contribution in [2.75, 3.05) is 6.54 Å². The summed E-state index contributed by atoms with van der Waals surface area (Å²) in [6.45, 7) is 3.83. The summed E-state index contributed by atoms with van der Waals surface area (Å²) in [4.78, 5) is 14.8. The molecule has 0 aliphatic carbocycles. The van der Waals surface area contributed by atoms with Crippen molar-refractivity contribution in [2.24, 2.45) is 0 Å². The summed E-state index contributed by atoms with van der Waals surface area (Å²) < 4.78 is 12.3. The average Bonchev–Trinajstić information content (AvgIpc) is 1.98. The highest BCUT2D eigenvalue weighted by Crippen LogP contribution is 1.97. The second kappa shape index (κ2) is 5.17. The van der Waals surface area contributed by atoms with Crippen LogP contribution in [0, 0.1) is 0 Å². The van der Waals surface area contributed by atoms with Crippen molar-refractivity contribution >= 4 is 5.97 Å². The van der Waals surface area contributed by atoms with Crippen LogP contribution >= 0.6 is 0 Å². The van der Waals surface area contributed by atoms with Crippen LogP contribution in [0.25, 0.3) is 0 Å². The number of carbonyl (C=O) groups is 1. The van der Waals surface area contributed by atoms with Crippen LogP contribution in [0.3, 0.4) is 0 Å². The maximum atomic E-state index is 12.3. The fourth-order valence-electron chi connectivity index (χ4n) is 0.374. The second-order valence-corrected chi connectivity index (χ2v) is 1.79. The first-order valence-corrected chi connectivity index (χ1v) is 3.30. The smallest absolute Gasteiger partial charge is 0.359 e. The zero-order valence-electron chi connectivity index (χ0n) is 6.19. The van der Waals surface area contributed by atoms with E-state index in [0.717, 1.165) is 0 Å². The maximum Gasteiger partial charge on any atom is 0.359 e. The molecule has 0 radical (unpaired) electrons. The summed E-state index contributed by atoms with van der Waals surface area (Å²) in [5.74, 6) is -0.843. The molecular weight excluding hydrogens is 137 g/mol. The fraction of sp³-hybridized carbons (Fsp3) is 0.833. The van der Waals surface area contributed by atoms with Gasteiger partial charge in [0.25, 0.3) is 0 Å². The molecule has 0 rings (SSSR count). The monoisotopic (exact) mass is 149 g/mol. The third-order valence-electron chi connectivity index (χ3n) is 0.931. The minimum absolute atomic E-state index is 0.157. The summed E-state index contributed by atoms with van der Waals surface area (Å²) >= 11 is 0. The number of carbonyl (C=O) groups excluding carboxylic acids is 1. The van der Waals surface area contributed by atoms with E-state index < -0.39 is 12.1 Å². The normalized spacial score (nSPS) is 12.7. The van der Waals surface area contributed by atoms with Gasteiger partial charge in [0, 0.05) is 6.54 Å². The number of hydrogen-bond donors (Lipinski definition) is 1. The van der Waals surface area contributed by atoms with E-state index in [4.69, 9.17) is 0 Å². The van der Waals surface area contributed by atoms with Gasteiger partial charge in [-0.25, -0.2) is 9.18 Å². The third kappa shape index (κ3) is 3.40. The van der Waals surface area contributed by atoms with Gasteiger partial charge in [-0.05, 0) is 13.3 Å². The molecule has 0 saturated carbocycles. The van der Waals surface area contributed by atoms with Gasteiger partial charge in [-0.1, -0.05) is 6.92 Å². The summed E-state index contributed by atoms with van der Waals surface area (Å²) in [6.07, 6.45) is -1.34. The van der Waals surface area contributed by atoms with Crippen LogP contribution in [0.15, 0.2) is 0 Å². The predicted molar refractivity (Wildman–Crippen MR) is 35.0 cm³/mol. The van der Waals surface area contributed by atoms with Gasteiger partial charge in [0.1, 0.15) is 0 Å². The minimum Gasteiger partial charge on any atom is -0.368 e. The summed E-state index contributed by atoms with van der Waals surface area (Å²) in [6, 6.07) is 0. The van der Waals surface area contributed by atoms with E-state index in [-0.39, 0.29) is 6.42 Å². The standard InChI is InChI=1S/C6H12FNO2/c1-3-5(7)6(9)10-8-4-2/h5,8H,3-4H2,1-2H3. The molecular formula is C6H12FNO2. The molecule has 0 aromatic heterocycles. The second-order valence-electron chi connectivity index (χ2n) is 1.79. The first-order valence-electron chi connectivity index (χ1n) is 3.30. The first-order chi connectivity index (χ1) is 4.72. The maximum absolute atomic E-state index is 12.3.